The fourth-order valence-corrected chi connectivity index (χ4v) is 2.43. The maximum Gasteiger partial charge on any atom is 0.304 e. The molecule has 1 unspecified atom stereocenters. The largest absolute Gasteiger partial charge is 0.315 e. The van der Waals surface area contributed by atoms with Crippen LogP contribution in [0.15, 0.2) is 21.1 Å². The molecule has 0 aliphatic carbocycles. The zero-order valence-electron chi connectivity index (χ0n) is 8.19. The van der Waals surface area contributed by atoms with Gasteiger partial charge in [-0.15, -0.1) is 11.3 Å². The van der Waals surface area contributed by atoms with Crippen molar-refractivity contribution in [1.82, 2.24) is 15.3 Å². The van der Waals surface area contributed by atoms with E-state index in [0.717, 1.165) is 11.4 Å². The van der Waals surface area contributed by atoms with Crippen LogP contribution >= 0.6 is 22.7 Å². The Bertz CT molecular complexity index is 460. The molecule has 0 aliphatic heterocycles. The molecule has 1 atom stereocenters. The first kappa shape index (κ1) is 10.5. The summed E-state index contributed by atoms with van der Waals surface area (Å²) in [5, 5.41) is 7.15. The van der Waals surface area contributed by atoms with E-state index in [1.165, 1.54) is 11.3 Å². The van der Waals surface area contributed by atoms with E-state index in [1.54, 1.807) is 11.3 Å². The van der Waals surface area contributed by atoms with Gasteiger partial charge in [-0.05, 0) is 6.92 Å². The van der Waals surface area contributed by atoms with E-state index in [1.807, 2.05) is 16.3 Å². The molecule has 2 N–H and O–H groups in total. The van der Waals surface area contributed by atoms with Crippen molar-refractivity contribution in [2.75, 3.05) is 0 Å². The smallest absolute Gasteiger partial charge is 0.304 e. The molecule has 80 valence electrons. The van der Waals surface area contributed by atoms with Gasteiger partial charge in [0, 0.05) is 29.0 Å². The second-order valence-electron chi connectivity index (χ2n) is 3.19. The van der Waals surface area contributed by atoms with Crippen LogP contribution in [0.5, 0.6) is 0 Å². The first-order chi connectivity index (χ1) is 7.25. The van der Waals surface area contributed by atoms with Crippen LogP contribution in [0.2, 0.25) is 0 Å². The van der Waals surface area contributed by atoms with Crippen molar-refractivity contribution in [3.63, 3.8) is 0 Å². The summed E-state index contributed by atoms with van der Waals surface area (Å²) in [6, 6.07) is 0.208. The van der Waals surface area contributed by atoms with Gasteiger partial charge in [-0.1, -0.05) is 11.3 Å². The van der Waals surface area contributed by atoms with Crippen LogP contribution in [-0.4, -0.2) is 9.97 Å². The van der Waals surface area contributed by atoms with E-state index in [4.69, 9.17) is 0 Å². The molecule has 0 bridgehead atoms. The van der Waals surface area contributed by atoms with Crippen LogP contribution in [0.4, 0.5) is 0 Å². The Morgan fingerprint density at radius 3 is 3.07 bits per heavy atom. The fraction of sp³-hybridized carbons (Fsp3) is 0.333. The van der Waals surface area contributed by atoms with Crippen molar-refractivity contribution in [3.05, 3.63) is 37.3 Å². The van der Waals surface area contributed by atoms with E-state index in [2.05, 4.69) is 22.2 Å². The Balaban J connectivity index is 1.91. The van der Waals surface area contributed by atoms with Gasteiger partial charge in [0.2, 0.25) is 0 Å². The lowest BCUT2D eigenvalue weighted by Crippen LogP contribution is -2.18. The molecular weight excluding hydrogens is 230 g/mol. The van der Waals surface area contributed by atoms with E-state index in [0.29, 0.717) is 6.54 Å². The first-order valence-corrected chi connectivity index (χ1v) is 6.36. The number of rotatable bonds is 4. The van der Waals surface area contributed by atoms with Crippen LogP contribution < -0.4 is 10.2 Å². The Morgan fingerprint density at radius 2 is 2.47 bits per heavy atom. The quantitative estimate of drug-likeness (QED) is 0.857. The van der Waals surface area contributed by atoms with Gasteiger partial charge in [-0.3, -0.25) is 4.79 Å². The molecule has 2 aromatic heterocycles. The molecule has 6 heteroatoms. The maximum atomic E-state index is 10.9. The number of thiazole rings is 2. The van der Waals surface area contributed by atoms with E-state index in [-0.39, 0.29) is 10.9 Å². The van der Waals surface area contributed by atoms with Gasteiger partial charge in [0.05, 0.1) is 11.2 Å². The molecule has 15 heavy (non-hydrogen) atoms. The average molecular weight is 241 g/mol. The highest BCUT2D eigenvalue weighted by Gasteiger charge is 2.06. The van der Waals surface area contributed by atoms with E-state index >= 15 is 0 Å². The number of aromatic amines is 1. The molecule has 0 saturated heterocycles. The molecule has 0 radical (unpaired) electrons. The minimum atomic E-state index is -0.00638. The van der Waals surface area contributed by atoms with Gasteiger partial charge in [0.15, 0.2) is 0 Å². The SMILES string of the molecule is CC(NCc1csc(=O)[nH]1)c1cscn1. The minimum absolute atomic E-state index is 0.00638. The lowest BCUT2D eigenvalue weighted by Gasteiger charge is -2.09. The molecule has 0 saturated carbocycles. The van der Waals surface area contributed by atoms with E-state index < -0.39 is 0 Å². The fourth-order valence-electron chi connectivity index (χ4n) is 1.20. The molecule has 0 amide bonds. The Morgan fingerprint density at radius 1 is 1.60 bits per heavy atom. The number of H-pyrrole nitrogens is 1. The van der Waals surface area contributed by atoms with Gasteiger partial charge in [0.1, 0.15) is 0 Å². The molecule has 2 aromatic rings. The maximum absolute atomic E-state index is 10.9. The summed E-state index contributed by atoms with van der Waals surface area (Å²) in [6.45, 7) is 2.72. The predicted octanol–water partition coefficient (Wildman–Crippen LogP) is 1.74. The van der Waals surface area contributed by atoms with Crippen LogP contribution in [0.3, 0.4) is 0 Å². The molecular formula is C9H11N3OS2. The highest BCUT2D eigenvalue weighted by Crippen LogP contribution is 2.12. The third-order valence-electron chi connectivity index (χ3n) is 2.06. The summed E-state index contributed by atoms with van der Waals surface area (Å²) in [5.41, 5.74) is 3.78. The van der Waals surface area contributed by atoms with Crippen molar-refractivity contribution in [3.8, 4) is 0 Å². The molecule has 0 fully saturated rings. The molecule has 2 rings (SSSR count). The monoisotopic (exact) mass is 241 g/mol. The Labute approximate surface area is 95.0 Å². The zero-order chi connectivity index (χ0) is 10.7. The molecule has 0 aliphatic rings. The number of hydrogen-bond acceptors (Lipinski definition) is 5. The summed E-state index contributed by atoms with van der Waals surface area (Å²) in [7, 11) is 0. The Hall–Kier alpha value is -0.980. The summed E-state index contributed by atoms with van der Waals surface area (Å²) < 4.78 is 0. The zero-order valence-corrected chi connectivity index (χ0v) is 9.82. The minimum Gasteiger partial charge on any atom is -0.315 e. The van der Waals surface area contributed by atoms with Gasteiger partial charge in [-0.25, -0.2) is 4.98 Å². The summed E-state index contributed by atoms with van der Waals surface area (Å²) >= 11 is 2.78. The summed E-state index contributed by atoms with van der Waals surface area (Å²) in [5.74, 6) is 0. The summed E-state index contributed by atoms with van der Waals surface area (Å²) in [6.07, 6.45) is 0. The van der Waals surface area contributed by atoms with Crippen LogP contribution in [-0.2, 0) is 6.54 Å². The summed E-state index contributed by atoms with van der Waals surface area (Å²) in [4.78, 5) is 17.9. The van der Waals surface area contributed by atoms with Crippen molar-refractivity contribution in [2.45, 2.75) is 19.5 Å². The number of nitrogens with one attached hydrogen (secondary N) is 2. The number of hydrogen-bond donors (Lipinski definition) is 2. The van der Waals surface area contributed by atoms with E-state index in [9.17, 15) is 4.79 Å². The third-order valence-corrected chi connectivity index (χ3v) is 3.39. The molecule has 0 aromatic carbocycles. The molecule has 2 heterocycles. The molecule has 0 spiro atoms. The van der Waals surface area contributed by atoms with Crippen molar-refractivity contribution < 1.29 is 0 Å². The van der Waals surface area contributed by atoms with Gasteiger partial charge in [-0.2, -0.15) is 0 Å². The average Bonchev–Trinajstić information content (AvgIpc) is 2.84. The van der Waals surface area contributed by atoms with Crippen molar-refractivity contribution in [1.29, 1.82) is 0 Å². The van der Waals surface area contributed by atoms with Gasteiger partial charge >= 0.3 is 4.87 Å². The van der Waals surface area contributed by atoms with Crippen LogP contribution in [0.1, 0.15) is 24.4 Å². The number of nitrogens with zero attached hydrogens (tertiary/aromatic N) is 1. The molecule has 4 nitrogen and oxygen atoms in total. The predicted molar refractivity (Wildman–Crippen MR) is 62.3 cm³/mol. The topological polar surface area (TPSA) is 57.8 Å². The van der Waals surface area contributed by atoms with Gasteiger partial charge in [0.25, 0.3) is 0 Å². The number of aromatic nitrogens is 2. The normalized spacial score (nSPS) is 12.9. The lowest BCUT2D eigenvalue weighted by molar-refractivity contribution is 0.558. The third kappa shape index (κ3) is 2.74. The standard InChI is InChI=1S/C9H11N3OS2/c1-6(8-4-14-5-11-8)10-2-7-3-15-9(13)12-7/h3-6,10H,2H2,1H3,(H,12,13). The first-order valence-electron chi connectivity index (χ1n) is 4.54. The highest BCUT2D eigenvalue weighted by atomic mass is 32.1. The highest BCUT2D eigenvalue weighted by molar-refractivity contribution is 7.07. The van der Waals surface area contributed by atoms with Crippen LogP contribution in [0.25, 0.3) is 0 Å². The van der Waals surface area contributed by atoms with Gasteiger partial charge < -0.3 is 10.3 Å². The van der Waals surface area contributed by atoms with Crippen molar-refractivity contribution >= 4 is 22.7 Å². The van der Waals surface area contributed by atoms with Crippen molar-refractivity contribution in [2.24, 2.45) is 0 Å². The second kappa shape index (κ2) is 4.69. The lowest BCUT2D eigenvalue weighted by atomic mass is 10.2. The van der Waals surface area contributed by atoms with Crippen LogP contribution in [0, 0.1) is 0 Å². The Kier molecular flexibility index (Phi) is 3.30. The second-order valence-corrected chi connectivity index (χ2v) is 4.75.